The summed E-state index contributed by atoms with van der Waals surface area (Å²) in [7, 11) is 0. The normalized spacial score (nSPS) is 21.6. The van der Waals surface area contributed by atoms with E-state index in [1.54, 1.807) is 23.4 Å². The van der Waals surface area contributed by atoms with Crippen LogP contribution in [0.2, 0.25) is 0 Å². The number of nitrogens with one attached hydrogen (secondary N) is 2. The third kappa shape index (κ3) is 7.25. The molecule has 1 aromatic heterocycles. The van der Waals surface area contributed by atoms with Gasteiger partial charge in [-0.3, -0.25) is 24.6 Å². The first-order valence-corrected chi connectivity index (χ1v) is 17.5. The molecule has 3 amide bonds. The van der Waals surface area contributed by atoms with E-state index in [9.17, 15) is 19.5 Å². The first-order valence-electron chi connectivity index (χ1n) is 17.5. The third-order valence-electron chi connectivity index (χ3n) is 10.3. The molecule has 1 atom stereocenters. The van der Waals surface area contributed by atoms with E-state index in [0.717, 1.165) is 56.7 Å². The summed E-state index contributed by atoms with van der Waals surface area (Å²) in [6.45, 7) is 8.53. The number of benzene rings is 2. The van der Waals surface area contributed by atoms with E-state index in [1.165, 1.54) is 11.3 Å². The maximum atomic E-state index is 13.1. The van der Waals surface area contributed by atoms with Crippen LogP contribution in [0.1, 0.15) is 79.4 Å². The van der Waals surface area contributed by atoms with Crippen molar-refractivity contribution >= 4 is 29.4 Å². The molecule has 5 heterocycles. The highest BCUT2D eigenvalue weighted by atomic mass is 16.5. The summed E-state index contributed by atoms with van der Waals surface area (Å²) in [6.07, 6.45) is 7.28. The van der Waals surface area contributed by atoms with Crippen molar-refractivity contribution in [3.63, 3.8) is 0 Å². The molecule has 3 N–H and O–H groups in total. The van der Waals surface area contributed by atoms with Gasteiger partial charge in [0.2, 0.25) is 17.8 Å². The van der Waals surface area contributed by atoms with Gasteiger partial charge in [0.1, 0.15) is 6.04 Å². The fourth-order valence-corrected chi connectivity index (χ4v) is 7.49. The van der Waals surface area contributed by atoms with Crippen LogP contribution in [0.25, 0.3) is 0 Å². The number of aliphatic hydroxyl groups is 1. The number of piperidine rings is 3. The van der Waals surface area contributed by atoms with Gasteiger partial charge in [-0.25, -0.2) is 9.97 Å². The number of fused-ring (bicyclic) bond motifs is 1. The lowest BCUT2D eigenvalue weighted by molar-refractivity contribution is -0.136. The van der Waals surface area contributed by atoms with Crippen LogP contribution in [0.4, 0.5) is 11.6 Å². The topological polar surface area (TPSA) is 140 Å². The molecule has 0 radical (unpaired) electrons. The molecule has 3 fully saturated rings. The predicted octanol–water partition coefficient (Wildman–Crippen LogP) is 3.59. The van der Waals surface area contributed by atoms with Crippen molar-refractivity contribution in [2.45, 2.75) is 89.3 Å². The van der Waals surface area contributed by atoms with Gasteiger partial charge >= 0.3 is 0 Å². The summed E-state index contributed by atoms with van der Waals surface area (Å²) in [5.41, 5.74) is 3.70. The second kappa shape index (κ2) is 13.8. The Kier molecular flexibility index (Phi) is 9.25. The molecular formula is C37H45N7O5. The average Bonchev–Trinajstić information content (AvgIpc) is 3.42. The van der Waals surface area contributed by atoms with E-state index in [2.05, 4.69) is 54.7 Å². The zero-order valence-electron chi connectivity index (χ0n) is 28.2. The van der Waals surface area contributed by atoms with Gasteiger partial charge in [0.05, 0.1) is 24.1 Å². The molecule has 3 saturated heterocycles. The number of carbonyl (C=O) groups excluding carboxylic acids is 3. The highest BCUT2D eigenvalue weighted by Crippen LogP contribution is 2.37. The zero-order chi connectivity index (χ0) is 34.1. The van der Waals surface area contributed by atoms with Gasteiger partial charge in [0.15, 0.2) is 5.75 Å². The number of hydrogen-bond acceptors (Lipinski definition) is 10. The van der Waals surface area contributed by atoms with Gasteiger partial charge < -0.3 is 25.0 Å². The van der Waals surface area contributed by atoms with Crippen LogP contribution in [0, 0.1) is 0 Å². The minimum atomic E-state index is -0.973. The number of ether oxygens (including phenoxy) is 1. The van der Waals surface area contributed by atoms with Gasteiger partial charge in [-0.1, -0.05) is 24.3 Å². The minimum Gasteiger partial charge on any atom is -0.488 e. The molecule has 0 saturated carbocycles. The molecule has 12 nitrogen and oxygen atoms in total. The Morgan fingerprint density at radius 1 is 0.980 bits per heavy atom. The van der Waals surface area contributed by atoms with Crippen LogP contribution in [-0.4, -0.2) is 87.0 Å². The quantitative estimate of drug-likeness (QED) is 0.290. The molecule has 12 heteroatoms. The summed E-state index contributed by atoms with van der Waals surface area (Å²) >= 11 is 0. The average molecular weight is 668 g/mol. The fraction of sp³-hybridized carbons (Fsp3) is 0.486. The number of nitrogens with zero attached hydrogens (tertiary/aromatic N) is 5. The van der Waals surface area contributed by atoms with Crippen molar-refractivity contribution in [1.82, 2.24) is 25.1 Å². The molecule has 0 bridgehead atoms. The summed E-state index contributed by atoms with van der Waals surface area (Å²) < 4.78 is 5.64. The monoisotopic (exact) mass is 667 g/mol. The summed E-state index contributed by atoms with van der Waals surface area (Å²) in [5, 5.41) is 17.5. The Morgan fingerprint density at radius 2 is 1.69 bits per heavy atom. The van der Waals surface area contributed by atoms with Gasteiger partial charge in [-0.05, 0) is 80.8 Å². The van der Waals surface area contributed by atoms with Gasteiger partial charge in [-0.2, -0.15) is 0 Å². The molecule has 1 unspecified atom stereocenters. The third-order valence-corrected chi connectivity index (χ3v) is 10.3. The summed E-state index contributed by atoms with van der Waals surface area (Å²) in [4.78, 5) is 52.3. The predicted molar refractivity (Wildman–Crippen MR) is 184 cm³/mol. The second-order valence-corrected chi connectivity index (χ2v) is 14.1. The molecule has 2 aromatic carbocycles. The number of amides is 3. The minimum absolute atomic E-state index is 0.0923. The van der Waals surface area contributed by atoms with Crippen molar-refractivity contribution in [2.75, 3.05) is 36.4 Å². The molecule has 0 aliphatic carbocycles. The summed E-state index contributed by atoms with van der Waals surface area (Å²) in [5.74, 6) is 0.398. The number of carbonyl (C=O) groups is 3. The van der Waals surface area contributed by atoms with Gasteiger partial charge in [-0.15, -0.1) is 0 Å². The van der Waals surface area contributed by atoms with Crippen LogP contribution in [0.5, 0.6) is 5.75 Å². The molecule has 49 heavy (non-hydrogen) atoms. The first-order chi connectivity index (χ1) is 23.6. The van der Waals surface area contributed by atoms with Crippen LogP contribution in [0.15, 0.2) is 54.9 Å². The molecule has 258 valence electrons. The lowest BCUT2D eigenvalue weighted by Crippen LogP contribution is -2.52. The van der Waals surface area contributed by atoms with Crippen molar-refractivity contribution in [3.8, 4) is 5.75 Å². The Morgan fingerprint density at radius 3 is 2.37 bits per heavy atom. The number of aromatic nitrogens is 2. The molecule has 3 aromatic rings. The number of anilines is 2. The Balaban J connectivity index is 0.881. The van der Waals surface area contributed by atoms with Crippen molar-refractivity contribution in [3.05, 3.63) is 77.1 Å². The molecular weight excluding hydrogens is 622 g/mol. The fourth-order valence-electron chi connectivity index (χ4n) is 7.49. The van der Waals surface area contributed by atoms with E-state index in [4.69, 9.17) is 4.74 Å². The second-order valence-electron chi connectivity index (χ2n) is 14.1. The molecule has 4 aliphatic heterocycles. The number of likely N-dealkylation sites (tertiary alicyclic amines) is 1. The lowest BCUT2D eigenvalue weighted by Gasteiger charge is -2.39. The van der Waals surface area contributed by atoms with Crippen LogP contribution >= 0.6 is 0 Å². The SMILES string of the molecule is CC(C)Oc1cnc(NC2CCN(c3ccc(CN4CCC(O)(c5ccc6c(c5)CN(C5CCC(=O)NC5=O)C6=O)CC4)cc3)CC2)nc1. The molecule has 7 rings (SSSR count). The molecule has 0 spiro atoms. The van der Waals surface area contributed by atoms with Crippen molar-refractivity contribution in [1.29, 1.82) is 0 Å². The van der Waals surface area contributed by atoms with Crippen LogP contribution < -0.4 is 20.3 Å². The summed E-state index contributed by atoms with van der Waals surface area (Å²) in [6, 6.07) is 14.1. The number of imide groups is 1. The van der Waals surface area contributed by atoms with E-state index in [1.807, 2.05) is 26.0 Å². The lowest BCUT2D eigenvalue weighted by atomic mass is 9.83. The van der Waals surface area contributed by atoms with Crippen LogP contribution in [-0.2, 0) is 28.3 Å². The number of hydrogen-bond donors (Lipinski definition) is 3. The highest BCUT2D eigenvalue weighted by Gasteiger charge is 2.41. The zero-order valence-corrected chi connectivity index (χ0v) is 28.2. The van der Waals surface area contributed by atoms with E-state index in [0.29, 0.717) is 49.1 Å². The van der Waals surface area contributed by atoms with Gasteiger partial charge in [0, 0.05) is 63.0 Å². The highest BCUT2D eigenvalue weighted by molar-refractivity contribution is 6.05. The van der Waals surface area contributed by atoms with Crippen molar-refractivity contribution < 1.29 is 24.2 Å². The maximum Gasteiger partial charge on any atom is 0.255 e. The Hall–Kier alpha value is -4.55. The van der Waals surface area contributed by atoms with Gasteiger partial charge in [0.25, 0.3) is 5.91 Å². The Bertz CT molecular complexity index is 1680. The smallest absolute Gasteiger partial charge is 0.255 e. The largest absolute Gasteiger partial charge is 0.488 e. The standard InChI is InChI=1S/C37H45N7O5/c1-24(2)49-30-20-38-36(39-21-30)40-28-11-15-43(16-12-28)29-6-3-25(4-7-29)22-42-17-13-37(48,14-18-42)27-5-8-31-26(19-27)23-44(35(31)47)32-9-10-33(45)41-34(32)46/h3-8,19-21,24,28,32,48H,9-18,22-23H2,1-2H3,(H,38,39,40)(H,41,45,46). The van der Waals surface area contributed by atoms with Crippen molar-refractivity contribution in [2.24, 2.45) is 0 Å². The molecule has 4 aliphatic rings. The number of rotatable bonds is 9. The van der Waals surface area contributed by atoms with E-state index >= 15 is 0 Å². The maximum absolute atomic E-state index is 13.1. The van der Waals surface area contributed by atoms with E-state index in [-0.39, 0.29) is 24.3 Å². The van der Waals surface area contributed by atoms with E-state index < -0.39 is 17.6 Å². The Labute approximate surface area is 286 Å². The first kappa shape index (κ1) is 33.0. The van der Waals surface area contributed by atoms with Crippen LogP contribution in [0.3, 0.4) is 0 Å².